The Kier molecular flexibility index (Phi) is 5.01. The summed E-state index contributed by atoms with van der Waals surface area (Å²) in [5.74, 6) is 0.517. The van der Waals surface area contributed by atoms with Crippen LogP contribution in [0.1, 0.15) is 49.2 Å². The zero-order chi connectivity index (χ0) is 16.3. The first-order valence-corrected chi connectivity index (χ1v) is 8.13. The number of benzene rings is 1. The molecule has 1 N–H and O–H groups in total. The van der Waals surface area contributed by atoms with Crippen LogP contribution in [0.4, 0.5) is 4.79 Å². The number of nitrogens with one attached hydrogen (secondary N) is 1. The Morgan fingerprint density at radius 1 is 1.32 bits per heavy atom. The monoisotopic (exact) mass is 323 g/mol. The van der Waals surface area contributed by atoms with E-state index >= 15 is 0 Å². The minimum absolute atomic E-state index is 0.0993. The molecule has 2 rings (SSSR count). The molecule has 22 heavy (non-hydrogen) atoms. The van der Waals surface area contributed by atoms with Gasteiger partial charge in [-0.3, -0.25) is 0 Å². The zero-order valence-corrected chi connectivity index (χ0v) is 14.1. The molecule has 6 heteroatoms. The molecular weight excluding hydrogens is 302 g/mol. The summed E-state index contributed by atoms with van der Waals surface area (Å²) >= 11 is 1.67. The normalized spacial score (nSPS) is 17.4. The molecule has 0 saturated heterocycles. The molecular formula is C16H21NO4S. The number of esters is 1. The molecule has 1 aromatic carbocycles. The molecule has 1 atom stereocenters. The first-order valence-electron chi connectivity index (χ1n) is 7.15. The van der Waals surface area contributed by atoms with Gasteiger partial charge in [-0.15, -0.1) is 11.8 Å². The Balaban J connectivity index is 2.15. The van der Waals surface area contributed by atoms with Gasteiger partial charge in [0.25, 0.3) is 0 Å². The topological polar surface area (TPSA) is 64.6 Å². The van der Waals surface area contributed by atoms with Crippen LogP contribution in [-0.4, -0.2) is 30.5 Å². The molecule has 1 aliphatic heterocycles. The minimum atomic E-state index is -0.523. The molecule has 0 radical (unpaired) electrons. The quantitative estimate of drug-likeness (QED) is 0.843. The fraction of sp³-hybridized carbons (Fsp3) is 0.500. The second kappa shape index (κ2) is 6.60. The average Bonchev–Trinajstić information content (AvgIpc) is 2.44. The number of ether oxygens (including phenoxy) is 2. The molecule has 1 aromatic rings. The number of alkyl carbamates (subject to hydrolysis) is 1. The van der Waals surface area contributed by atoms with Crippen molar-refractivity contribution in [2.45, 2.75) is 43.7 Å². The molecule has 120 valence electrons. The van der Waals surface area contributed by atoms with E-state index in [9.17, 15) is 9.59 Å². The Labute approximate surface area is 134 Å². The van der Waals surface area contributed by atoms with Crippen LogP contribution in [0.2, 0.25) is 0 Å². The van der Waals surface area contributed by atoms with Crippen molar-refractivity contribution < 1.29 is 19.1 Å². The molecule has 0 aromatic heterocycles. The van der Waals surface area contributed by atoms with Crippen molar-refractivity contribution in [1.82, 2.24) is 5.32 Å². The first kappa shape index (κ1) is 16.7. The number of hydrogen-bond acceptors (Lipinski definition) is 5. The van der Waals surface area contributed by atoms with Gasteiger partial charge in [0.15, 0.2) is 0 Å². The maximum Gasteiger partial charge on any atom is 0.408 e. The summed E-state index contributed by atoms with van der Waals surface area (Å²) in [5, 5.41) is 2.90. The Morgan fingerprint density at radius 3 is 2.68 bits per heavy atom. The Hall–Kier alpha value is -1.69. The van der Waals surface area contributed by atoms with Crippen LogP contribution in [0, 0.1) is 0 Å². The van der Waals surface area contributed by atoms with E-state index in [4.69, 9.17) is 9.47 Å². The van der Waals surface area contributed by atoms with E-state index in [0.29, 0.717) is 5.56 Å². The van der Waals surface area contributed by atoms with Crippen LogP contribution < -0.4 is 5.32 Å². The number of hydrogen-bond donors (Lipinski definition) is 1. The van der Waals surface area contributed by atoms with Crippen molar-refractivity contribution >= 4 is 23.8 Å². The van der Waals surface area contributed by atoms with E-state index in [1.54, 1.807) is 17.8 Å². The lowest BCUT2D eigenvalue weighted by molar-refractivity contribution is 0.0500. The fourth-order valence-corrected chi connectivity index (χ4v) is 3.39. The van der Waals surface area contributed by atoms with Crippen molar-refractivity contribution in [3.8, 4) is 0 Å². The molecule has 0 fully saturated rings. The third-order valence-corrected chi connectivity index (χ3v) is 4.27. The SMILES string of the molecule is COC(=O)c1ccc2c(c1)SCCC2NC(=O)OC(C)(C)C. The van der Waals surface area contributed by atoms with E-state index in [0.717, 1.165) is 22.6 Å². The number of fused-ring (bicyclic) bond motifs is 1. The first-order chi connectivity index (χ1) is 10.3. The number of rotatable bonds is 2. The largest absolute Gasteiger partial charge is 0.465 e. The molecule has 1 amide bonds. The lowest BCUT2D eigenvalue weighted by Gasteiger charge is -2.28. The van der Waals surface area contributed by atoms with E-state index in [2.05, 4.69) is 5.32 Å². The molecule has 5 nitrogen and oxygen atoms in total. The predicted octanol–water partition coefficient (Wildman–Crippen LogP) is 3.53. The van der Waals surface area contributed by atoms with Gasteiger partial charge in [-0.05, 0) is 44.9 Å². The summed E-state index contributed by atoms with van der Waals surface area (Å²) in [5.41, 5.74) is 1.01. The highest BCUT2D eigenvalue weighted by Gasteiger charge is 2.25. The maximum absolute atomic E-state index is 11.9. The molecule has 0 bridgehead atoms. The third kappa shape index (κ3) is 4.16. The number of methoxy groups -OCH3 is 1. The van der Waals surface area contributed by atoms with Crippen LogP contribution in [0.5, 0.6) is 0 Å². The molecule has 1 aliphatic rings. The third-order valence-electron chi connectivity index (χ3n) is 3.17. The zero-order valence-electron chi connectivity index (χ0n) is 13.3. The maximum atomic E-state index is 11.9. The number of carbonyl (C=O) groups excluding carboxylic acids is 2. The van der Waals surface area contributed by atoms with E-state index in [1.165, 1.54) is 7.11 Å². The number of amides is 1. The lowest BCUT2D eigenvalue weighted by atomic mass is 10.0. The number of thioether (sulfide) groups is 1. The second-order valence-electron chi connectivity index (χ2n) is 6.08. The van der Waals surface area contributed by atoms with Gasteiger partial charge >= 0.3 is 12.1 Å². The van der Waals surface area contributed by atoms with Crippen LogP contribution in [0.25, 0.3) is 0 Å². The van der Waals surface area contributed by atoms with Crippen LogP contribution >= 0.6 is 11.8 Å². The van der Waals surface area contributed by atoms with E-state index in [-0.39, 0.29) is 12.0 Å². The van der Waals surface area contributed by atoms with Crippen molar-refractivity contribution in [3.63, 3.8) is 0 Å². The smallest absolute Gasteiger partial charge is 0.408 e. The van der Waals surface area contributed by atoms with Gasteiger partial charge in [-0.1, -0.05) is 6.07 Å². The summed E-state index contributed by atoms with van der Waals surface area (Å²) in [6, 6.07) is 5.31. The number of carbonyl (C=O) groups is 2. The molecule has 0 spiro atoms. The minimum Gasteiger partial charge on any atom is -0.465 e. The van der Waals surface area contributed by atoms with Gasteiger partial charge < -0.3 is 14.8 Å². The van der Waals surface area contributed by atoms with Crippen molar-refractivity contribution in [2.75, 3.05) is 12.9 Å². The summed E-state index contributed by atoms with van der Waals surface area (Å²) in [4.78, 5) is 24.5. The standard InChI is InChI=1S/C16H21NO4S/c1-16(2,3)21-15(19)17-12-7-8-22-13-9-10(14(18)20-4)5-6-11(12)13/h5-6,9,12H,7-8H2,1-4H3,(H,17,19). The average molecular weight is 323 g/mol. The van der Waals surface area contributed by atoms with Crippen molar-refractivity contribution in [1.29, 1.82) is 0 Å². The lowest BCUT2D eigenvalue weighted by Crippen LogP contribution is -2.36. The highest BCUT2D eigenvalue weighted by molar-refractivity contribution is 7.99. The summed E-state index contributed by atoms with van der Waals surface area (Å²) in [6.07, 6.45) is 0.404. The second-order valence-corrected chi connectivity index (χ2v) is 7.22. The van der Waals surface area contributed by atoms with Gasteiger partial charge in [-0.25, -0.2) is 9.59 Å². The van der Waals surface area contributed by atoms with E-state index < -0.39 is 11.7 Å². The van der Waals surface area contributed by atoms with Gasteiger partial charge in [0.1, 0.15) is 5.60 Å². The summed E-state index contributed by atoms with van der Waals surface area (Å²) in [7, 11) is 1.36. The Morgan fingerprint density at radius 2 is 2.05 bits per heavy atom. The van der Waals surface area contributed by atoms with Crippen molar-refractivity contribution in [3.05, 3.63) is 29.3 Å². The van der Waals surface area contributed by atoms with E-state index in [1.807, 2.05) is 32.9 Å². The molecule has 0 saturated carbocycles. The molecule has 1 heterocycles. The molecule has 0 aliphatic carbocycles. The summed E-state index contributed by atoms with van der Waals surface area (Å²) in [6.45, 7) is 5.50. The predicted molar refractivity (Wildman–Crippen MR) is 85.2 cm³/mol. The van der Waals surface area contributed by atoms with Crippen molar-refractivity contribution in [2.24, 2.45) is 0 Å². The van der Waals surface area contributed by atoms with Gasteiger partial charge in [0, 0.05) is 10.6 Å². The van der Waals surface area contributed by atoms with Crippen LogP contribution in [-0.2, 0) is 9.47 Å². The van der Waals surface area contributed by atoms with Gasteiger partial charge in [0.05, 0.1) is 18.7 Å². The highest BCUT2D eigenvalue weighted by Crippen LogP contribution is 2.37. The highest BCUT2D eigenvalue weighted by atomic mass is 32.2. The van der Waals surface area contributed by atoms with Gasteiger partial charge in [-0.2, -0.15) is 0 Å². The summed E-state index contributed by atoms with van der Waals surface area (Å²) < 4.78 is 10.0. The molecule has 1 unspecified atom stereocenters. The van der Waals surface area contributed by atoms with Gasteiger partial charge in [0.2, 0.25) is 0 Å². The Bertz CT molecular complexity index is 580. The van der Waals surface area contributed by atoms with Crippen LogP contribution in [0.3, 0.4) is 0 Å². The van der Waals surface area contributed by atoms with Crippen LogP contribution in [0.15, 0.2) is 23.1 Å². The fourth-order valence-electron chi connectivity index (χ4n) is 2.23.